The van der Waals surface area contributed by atoms with Crippen LogP contribution >= 0.6 is 11.3 Å². The van der Waals surface area contributed by atoms with Gasteiger partial charge in [0.2, 0.25) is 5.82 Å². The van der Waals surface area contributed by atoms with Crippen molar-refractivity contribution in [2.75, 3.05) is 0 Å². The van der Waals surface area contributed by atoms with Crippen molar-refractivity contribution in [2.45, 2.75) is 20.0 Å². The number of nitrogens with zero attached hydrogens (tertiary/aromatic N) is 5. The van der Waals surface area contributed by atoms with Gasteiger partial charge in [0.05, 0.1) is 5.52 Å². The van der Waals surface area contributed by atoms with Gasteiger partial charge in [-0.05, 0) is 55.0 Å². The number of halogens is 3. The summed E-state index contributed by atoms with van der Waals surface area (Å²) in [7, 11) is 0. The number of aryl methyl sites for hydroxylation is 1. The van der Waals surface area contributed by atoms with E-state index in [2.05, 4.69) is 20.1 Å². The average Bonchev–Trinajstić information content (AvgIpc) is 3.54. The quantitative estimate of drug-likeness (QED) is 0.296. The monoisotopic (exact) mass is 481 g/mol. The van der Waals surface area contributed by atoms with Crippen LogP contribution in [0.3, 0.4) is 0 Å². The van der Waals surface area contributed by atoms with Crippen LogP contribution in [0.4, 0.5) is 13.2 Å². The molecule has 6 aromatic rings. The summed E-state index contributed by atoms with van der Waals surface area (Å²) in [5.41, 5.74) is 1.59. The lowest BCUT2D eigenvalue weighted by Crippen LogP contribution is -1.93. The molecule has 0 saturated heterocycles. The van der Waals surface area contributed by atoms with Gasteiger partial charge in [0.15, 0.2) is 11.4 Å². The number of ether oxygens (including phenoxy) is 1. The second-order valence-corrected chi connectivity index (χ2v) is 8.58. The van der Waals surface area contributed by atoms with Crippen molar-refractivity contribution in [1.29, 1.82) is 0 Å². The molecular formula is C23H14F3N5O2S. The fraction of sp³-hybridized carbons (Fsp3) is 0.130. The first-order chi connectivity index (χ1) is 16.5. The van der Waals surface area contributed by atoms with Crippen LogP contribution in [0.1, 0.15) is 23.4 Å². The number of aromatic nitrogens is 5. The van der Waals surface area contributed by atoms with Crippen LogP contribution in [0.5, 0.6) is 5.75 Å². The Morgan fingerprint density at radius 3 is 2.74 bits per heavy atom. The summed E-state index contributed by atoms with van der Waals surface area (Å²) in [5, 5.41) is 5.18. The number of rotatable bonds is 5. The normalized spacial score (nSPS) is 11.9. The van der Waals surface area contributed by atoms with Gasteiger partial charge in [-0.15, -0.1) is 16.4 Å². The molecule has 0 atom stereocenters. The highest BCUT2D eigenvalue weighted by atomic mass is 32.1. The molecule has 5 aromatic heterocycles. The van der Waals surface area contributed by atoms with E-state index in [9.17, 15) is 13.2 Å². The molecule has 0 unspecified atom stereocenters. The Morgan fingerprint density at radius 2 is 1.94 bits per heavy atom. The van der Waals surface area contributed by atoms with Crippen molar-refractivity contribution >= 4 is 37.4 Å². The van der Waals surface area contributed by atoms with Crippen LogP contribution in [0.25, 0.3) is 37.7 Å². The molecular weight excluding hydrogens is 467 g/mol. The van der Waals surface area contributed by atoms with E-state index >= 15 is 0 Å². The minimum Gasteiger partial charge on any atom is -0.486 e. The lowest BCUT2D eigenvalue weighted by atomic mass is 10.1. The minimum absolute atomic E-state index is 0.151. The van der Waals surface area contributed by atoms with Gasteiger partial charge in [0.25, 0.3) is 6.43 Å². The van der Waals surface area contributed by atoms with Crippen LogP contribution < -0.4 is 4.74 Å². The molecule has 34 heavy (non-hydrogen) atoms. The largest absolute Gasteiger partial charge is 0.486 e. The van der Waals surface area contributed by atoms with Gasteiger partial charge in [0.1, 0.15) is 45.5 Å². The van der Waals surface area contributed by atoms with Crippen LogP contribution in [-0.2, 0) is 6.61 Å². The van der Waals surface area contributed by atoms with Gasteiger partial charge in [-0.25, -0.2) is 32.6 Å². The molecule has 0 amide bonds. The highest BCUT2D eigenvalue weighted by Crippen LogP contribution is 2.37. The molecule has 0 bridgehead atoms. The first-order valence-electron chi connectivity index (χ1n) is 10.2. The Kier molecular flexibility index (Phi) is 4.73. The number of pyridine rings is 1. The van der Waals surface area contributed by atoms with Crippen molar-refractivity contribution in [2.24, 2.45) is 0 Å². The SMILES string of the molecule is Cc1cc(C(F)F)nc2sc3c(ncn4nc(-c5ccc(COc6ccc(F)cc6)o5)nc34)c12. The van der Waals surface area contributed by atoms with Crippen molar-refractivity contribution < 1.29 is 22.3 Å². The topological polar surface area (TPSA) is 78.3 Å². The van der Waals surface area contributed by atoms with E-state index in [-0.39, 0.29) is 18.1 Å². The molecule has 0 radical (unpaired) electrons. The molecule has 170 valence electrons. The summed E-state index contributed by atoms with van der Waals surface area (Å²) in [6.45, 7) is 1.92. The molecule has 11 heteroatoms. The fourth-order valence-corrected chi connectivity index (χ4v) is 4.90. The highest BCUT2D eigenvalue weighted by Gasteiger charge is 2.20. The van der Waals surface area contributed by atoms with Crippen molar-refractivity contribution in [1.82, 2.24) is 24.6 Å². The zero-order valence-electron chi connectivity index (χ0n) is 17.5. The Balaban J connectivity index is 1.35. The molecule has 0 aliphatic carbocycles. The van der Waals surface area contributed by atoms with Crippen molar-refractivity contribution in [3.8, 4) is 17.3 Å². The van der Waals surface area contributed by atoms with E-state index in [1.54, 1.807) is 19.1 Å². The summed E-state index contributed by atoms with van der Waals surface area (Å²) in [6, 6.07) is 10.6. The molecule has 0 fully saturated rings. The van der Waals surface area contributed by atoms with Gasteiger partial charge in [-0.2, -0.15) is 0 Å². The molecule has 0 spiro atoms. The summed E-state index contributed by atoms with van der Waals surface area (Å²) >= 11 is 1.25. The standard InChI is InChI=1S/C23H14F3N5O2S/c1-11-8-15(20(25)26)28-23-17(11)18-19(34-23)22-29-21(30-31(22)10-27-18)16-7-6-14(33-16)9-32-13-4-2-12(24)3-5-13/h2-8,10,20H,9H2,1H3. The molecule has 0 saturated carbocycles. The minimum atomic E-state index is -2.65. The van der Waals surface area contributed by atoms with Crippen molar-refractivity contribution in [3.63, 3.8) is 0 Å². The zero-order valence-corrected chi connectivity index (χ0v) is 18.3. The van der Waals surface area contributed by atoms with Gasteiger partial charge < -0.3 is 9.15 Å². The van der Waals surface area contributed by atoms with E-state index in [0.717, 1.165) is 5.39 Å². The lowest BCUT2D eigenvalue weighted by molar-refractivity contribution is 0.146. The van der Waals surface area contributed by atoms with Crippen LogP contribution in [0.2, 0.25) is 0 Å². The van der Waals surface area contributed by atoms with E-state index < -0.39 is 6.43 Å². The predicted octanol–water partition coefficient (Wildman–Crippen LogP) is 6.11. The summed E-state index contributed by atoms with van der Waals surface area (Å²) in [5.74, 6) is 1.50. The zero-order chi connectivity index (χ0) is 23.4. The van der Waals surface area contributed by atoms with E-state index in [0.29, 0.717) is 49.4 Å². The Bertz CT molecular complexity index is 1670. The van der Waals surface area contributed by atoms with Crippen molar-refractivity contribution in [3.05, 3.63) is 71.6 Å². The smallest absolute Gasteiger partial charge is 0.280 e. The summed E-state index contributed by atoms with van der Waals surface area (Å²) < 4.78 is 53.1. The molecule has 1 aromatic carbocycles. The number of furan rings is 1. The predicted molar refractivity (Wildman–Crippen MR) is 120 cm³/mol. The number of benzene rings is 1. The molecule has 7 nitrogen and oxygen atoms in total. The van der Waals surface area contributed by atoms with Crippen LogP contribution in [0, 0.1) is 12.7 Å². The fourth-order valence-electron chi connectivity index (χ4n) is 3.71. The van der Waals surface area contributed by atoms with Gasteiger partial charge in [-0.3, -0.25) is 0 Å². The lowest BCUT2D eigenvalue weighted by Gasteiger charge is -2.03. The second-order valence-electron chi connectivity index (χ2n) is 7.58. The first kappa shape index (κ1) is 20.6. The summed E-state index contributed by atoms with van der Waals surface area (Å²) in [4.78, 5) is 13.7. The summed E-state index contributed by atoms with van der Waals surface area (Å²) in [6.07, 6.45) is -1.12. The van der Waals surface area contributed by atoms with Gasteiger partial charge in [-0.1, -0.05) is 0 Å². The number of hydrogen-bond donors (Lipinski definition) is 0. The third-order valence-electron chi connectivity index (χ3n) is 5.28. The second kappa shape index (κ2) is 7.80. The highest BCUT2D eigenvalue weighted by molar-refractivity contribution is 7.26. The van der Waals surface area contributed by atoms with Crippen LogP contribution in [0.15, 0.2) is 53.2 Å². The third kappa shape index (κ3) is 3.45. The van der Waals surface area contributed by atoms with E-state index in [1.165, 1.54) is 52.5 Å². The molecule has 0 aliphatic rings. The maximum Gasteiger partial charge on any atom is 0.280 e. The maximum absolute atomic E-state index is 13.2. The van der Waals surface area contributed by atoms with Gasteiger partial charge >= 0.3 is 0 Å². The van der Waals surface area contributed by atoms with Crippen LogP contribution in [-0.4, -0.2) is 24.6 Å². The number of hydrogen-bond acceptors (Lipinski definition) is 7. The Morgan fingerprint density at radius 1 is 1.12 bits per heavy atom. The maximum atomic E-state index is 13.2. The van der Waals surface area contributed by atoms with Gasteiger partial charge in [0, 0.05) is 5.39 Å². The third-order valence-corrected chi connectivity index (χ3v) is 6.35. The molecule has 0 aliphatic heterocycles. The number of fused-ring (bicyclic) bond motifs is 5. The number of alkyl halides is 2. The molecule has 0 N–H and O–H groups in total. The average molecular weight is 481 g/mol. The number of thiophene rings is 1. The first-order valence-corrected chi connectivity index (χ1v) is 11.0. The Labute approximate surface area is 193 Å². The molecule has 5 heterocycles. The van der Waals surface area contributed by atoms with E-state index in [1.807, 2.05) is 0 Å². The van der Waals surface area contributed by atoms with E-state index in [4.69, 9.17) is 9.15 Å². The Hall–Kier alpha value is -3.99. The molecule has 6 rings (SSSR count).